The van der Waals surface area contributed by atoms with Gasteiger partial charge >= 0.3 is 0 Å². The topological polar surface area (TPSA) is 20.2 Å². The first-order chi connectivity index (χ1) is 8.68. The molecule has 0 aromatic heterocycles. The van der Waals surface area contributed by atoms with E-state index in [9.17, 15) is 5.11 Å². The molecule has 0 bridgehead atoms. The van der Waals surface area contributed by atoms with E-state index in [-0.39, 0.29) is 12.0 Å². The monoisotopic (exact) mass is 254 g/mol. The first-order valence-corrected chi connectivity index (χ1v) is 7.93. The van der Waals surface area contributed by atoms with Gasteiger partial charge in [-0.1, -0.05) is 84.1 Å². The standard InChI is InChI=1S/C17H34O/c1-4-6-7-8-9-10-11-12-13-14-15-17(3,5-2)16-18/h5,18H,2,4,6-16H2,1,3H3. The number of aliphatic hydroxyl groups is 1. The minimum absolute atomic E-state index is 0.0554. The molecule has 0 aliphatic heterocycles. The Labute approximate surface area is 115 Å². The SMILES string of the molecule is C=CC(C)(CO)CCCCCCCCCCCC. The molecule has 0 aromatic rings. The predicted octanol–water partition coefficient (Wildman–Crippen LogP) is 5.48. The van der Waals surface area contributed by atoms with Crippen LogP contribution in [-0.4, -0.2) is 11.7 Å². The molecule has 1 nitrogen and oxygen atoms in total. The zero-order valence-corrected chi connectivity index (χ0v) is 12.7. The average molecular weight is 254 g/mol. The van der Waals surface area contributed by atoms with Crippen molar-refractivity contribution in [1.82, 2.24) is 0 Å². The summed E-state index contributed by atoms with van der Waals surface area (Å²) in [5.74, 6) is 0. The first kappa shape index (κ1) is 17.7. The number of hydrogen-bond donors (Lipinski definition) is 1. The molecular formula is C17H34O. The van der Waals surface area contributed by atoms with Crippen LogP contribution in [0.3, 0.4) is 0 Å². The van der Waals surface area contributed by atoms with E-state index in [4.69, 9.17) is 0 Å². The highest BCUT2D eigenvalue weighted by Gasteiger charge is 2.17. The van der Waals surface area contributed by atoms with Gasteiger partial charge < -0.3 is 5.11 Å². The summed E-state index contributed by atoms with van der Waals surface area (Å²) in [4.78, 5) is 0. The van der Waals surface area contributed by atoms with Gasteiger partial charge in [-0.05, 0) is 6.42 Å². The van der Waals surface area contributed by atoms with Gasteiger partial charge in [-0.15, -0.1) is 6.58 Å². The van der Waals surface area contributed by atoms with Gasteiger partial charge in [-0.3, -0.25) is 0 Å². The highest BCUT2D eigenvalue weighted by atomic mass is 16.3. The van der Waals surface area contributed by atoms with Crippen LogP contribution in [0.5, 0.6) is 0 Å². The maximum absolute atomic E-state index is 9.26. The van der Waals surface area contributed by atoms with Crippen molar-refractivity contribution in [3.8, 4) is 0 Å². The summed E-state index contributed by atoms with van der Waals surface area (Å²) in [6.45, 7) is 8.40. The van der Waals surface area contributed by atoms with E-state index in [1.807, 2.05) is 6.08 Å². The smallest absolute Gasteiger partial charge is 0.0519 e. The van der Waals surface area contributed by atoms with Gasteiger partial charge in [-0.25, -0.2) is 0 Å². The highest BCUT2D eigenvalue weighted by Crippen LogP contribution is 2.25. The van der Waals surface area contributed by atoms with E-state index in [1.165, 1.54) is 64.2 Å². The molecule has 0 spiro atoms. The molecule has 0 radical (unpaired) electrons. The molecule has 0 aromatic carbocycles. The van der Waals surface area contributed by atoms with Crippen LogP contribution < -0.4 is 0 Å². The molecule has 0 aliphatic rings. The van der Waals surface area contributed by atoms with Gasteiger partial charge in [-0.2, -0.15) is 0 Å². The van der Waals surface area contributed by atoms with Crippen molar-refractivity contribution in [3.05, 3.63) is 12.7 Å². The first-order valence-electron chi connectivity index (χ1n) is 7.93. The van der Waals surface area contributed by atoms with E-state index < -0.39 is 0 Å². The molecule has 1 unspecified atom stereocenters. The molecule has 0 saturated carbocycles. The quantitative estimate of drug-likeness (QED) is 0.341. The Morgan fingerprint density at radius 1 is 0.889 bits per heavy atom. The minimum atomic E-state index is -0.0554. The van der Waals surface area contributed by atoms with Crippen molar-refractivity contribution in [2.24, 2.45) is 5.41 Å². The van der Waals surface area contributed by atoms with Crippen molar-refractivity contribution in [1.29, 1.82) is 0 Å². The molecule has 1 atom stereocenters. The Bertz CT molecular complexity index is 188. The van der Waals surface area contributed by atoms with Crippen LogP contribution in [0.4, 0.5) is 0 Å². The molecule has 0 heterocycles. The van der Waals surface area contributed by atoms with Crippen LogP contribution in [0.15, 0.2) is 12.7 Å². The fourth-order valence-corrected chi connectivity index (χ4v) is 2.26. The van der Waals surface area contributed by atoms with Gasteiger partial charge in [0, 0.05) is 5.41 Å². The summed E-state index contributed by atoms with van der Waals surface area (Å²) in [6.07, 6.45) is 16.7. The summed E-state index contributed by atoms with van der Waals surface area (Å²) < 4.78 is 0. The fourth-order valence-electron chi connectivity index (χ4n) is 2.26. The molecule has 108 valence electrons. The molecule has 0 fully saturated rings. The third-order valence-corrected chi connectivity index (χ3v) is 3.96. The van der Waals surface area contributed by atoms with E-state index in [1.54, 1.807) is 0 Å². The Morgan fingerprint density at radius 3 is 1.72 bits per heavy atom. The predicted molar refractivity (Wildman–Crippen MR) is 81.9 cm³/mol. The largest absolute Gasteiger partial charge is 0.395 e. The molecule has 0 aliphatic carbocycles. The van der Waals surface area contributed by atoms with Gasteiger partial charge in [0.15, 0.2) is 0 Å². The Hall–Kier alpha value is -0.300. The molecule has 1 heteroatoms. The second-order valence-corrected chi connectivity index (χ2v) is 5.95. The van der Waals surface area contributed by atoms with E-state index in [0.29, 0.717) is 0 Å². The zero-order valence-electron chi connectivity index (χ0n) is 12.7. The maximum atomic E-state index is 9.26. The lowest BCUT2D eigenvalue weighted by molar-refractivity contribution is 0.172. The number of hydrogen-bond acceptors (Lipinski definition) is 1. The summed E-state index contributed by atoms with van der Waals surface area (Å²) in [7, 11) is 0. The van der Waals surface area contributed by atoms with Crippen molar-refractivity contribution in [2.45, 2.75) is 84.5 Å². The maximum Gasteiger partial charge on any atom is 0.0519 e. The van der Waals surface area contributed by atoms with Crippen LogP contribution in [-0.2, 0) is 0 Å². The van der Waals surface area contributed by atoms with Crippen LogP contribution in [0.1, 0.15) is 84.5 Å². The normalized spacial score (nSPS) is 14.4. The Morgan fingerprint density at radius 2 is 1.33 bits per heavy atom. The average Bonchev–Trinajstić information content (AvgIpc) is 2.40. The second kappa shape index (κ2) is 11.8. The summed E-state index contributed by atoms with van der Waals surface area (Å²) in [5, 5.41) is 9.26. The molecule has 0 rings (SSSR count). The highest BCUT2D eigenvalue weighted by molar-refractivity contribution is 4.90. The number of unbranched alkanes of at least 4 members (excludes halogenated alkanes) is 9. The molecule has 0 amide bonds. The molecule has 1 N–H and O–H groups in total. The second-order valence-electron chi connectivity index (χ2n) is 5.95. The number of rotatable bonds is 13. The van der Waals surface area contributed by atoms with Crippen LogP contribution >= 0.6 is 0 Å². The lowest BCUT2D eigenvalue weighted by Crippen LogP contribution is -2.17. The van der Waals surface area contributed by atoms with Gasteiger partial charge in [0.2, 0.25) is 0 Å². The third-order valence-electron chi connectivity index (χ3n) is 3.96. The molecule has 18 heavy (non-hydrogen) atoms. The lowest BCUT2D eigenvalue weighted by Gasteiger charge is -2.22. The van der Waals surface area contributed by atoms with Gasteiger partial charge in [0.1, 0.15) is 0 Å². The fraction of sp³-hybridized carbons (Fsp3) is 0.882. The Kier molecular flexibility index (Phi) is 11.6. The summed E-state index contributed by atoms with van der Waals surface area (Å²) in [5.41, 5.74) is -0.0554. The van der Waals surface area contributed by atoms with E-state index >= 15 is 0 Å². The van der Waals surface area contributed by atoms with Gasteiger partial charge in [0.25, 0.3) is 0 Å². The zero-order chi connectivity index (χ0) is 13.7. The minimum Gasteiger partial charge on any atom is -0.395 e. The van der Waals surface area contributed by atoms with Gasteiger partial charge in [0.05, 0.1) is 6.61 Å². The molecule has 0 saturated heterocycles. The summed E-state index contributed by atoms with van der Waals surface area (Å²) in [6, 6.07) is 0. The van der Waals surface area contributed by atoms with Crippen molar-refractivity contribution < 1.29 is 5.11 Å². The van der Waals surface area contributed by atoms with Crippen molar-refractivity contribution in [2.75, 3.05) is 6.61 Å². The van der Waals surface area contributed by atoms with E-state index in [0.717, 1.165) is 6.42 Å². The van der Waals surface area contributed by atoms with Crippen LogP contribution in [0.25, 0.3) is 0 Å². The third kappa shape index (κ3) is 9.70. The van der Waals surface area contributed by atoms with Crippen LogP contribution in [0, 0.1) is 5.41 Å². The van der Waals surface area contributed by atoms with Crippen molar-refractivity contribution in [3.63, 3.8) is 0 Å². The summed E-state index contributed by atoms with van der Waals surface area (Å²) >= 11 is 0. The number of aliphatic hydroxyl groups excluding tert-OH is 1. The lowest BCUT2D eigenvalue weighted by atomic mass is 9.85. The molecular weight excluding hydrogens is 220 g/mol. The van der Waals surface area contributed by atoms with Crippen LogP contribution in [0.2, 0.25) is 0 Å². The van der Waals surface area contributed by atoms with E-state index in [2.05, 4.69) is 20.4 Å². The van der Waals surface area contributed by atoms with Crippen molar-refractivity contribution >= 4 is 0 Å². The Balaban J connectivity index is 3.23.